The Hall–Kier alpha value is -1.70. The van der Waals surface area contributed by atoms with E-state index >= 15 is 0 Å². The van der Waals surface area contributed by atoms with Crippen LogP contribution in [0.3, 0.4) is 0 Å². The van der Waals surface area contributed by atoms with E-state index in [2.05, 4.69) is 41.5 Å². The zero-order valence-electron chi connectivity index (χ0n) is 14.7. The second kappa shape index (κ2) is 4.66. The number of fused-ring (bicyclic) bond motifs is 3. The fourth-order valence-electron chi connectivity index (χ4n) is 5.01. The van der Waals surface area contributed by atoms with E-state index in [1.54, 1.807) is 12.1 Å². The molecule has 3 rings (SSSR count). The van der Waals surface area contributed by atoms with E-state index in [9.17, 15) is 8.78 Å². The second-order valence-electron chi connectivity index (χ2n) is 8.63. The zero-order chi connectivity index (χ0) is 17.2. The van der Waals surface area contributed by atoms with Gasteiger partial charge in [0.25, 0.3) is 0 Å². The van der Waals surface area contributed by atoms with Crippen LogP contribution in [0.1, 0.15) is 52.7 Å². The average molecular weight is 314 g/mol. The third kappa shape index (κ3) is 2.00. The molecular weight excluding hydrogens is 290 g/mol. The van der Waals surface area contributed by atoms with E-state index in [0.717, 1.165) is 22.3 Å². The lowest BCUT2D eigenvalue weighted by atomic mass is 9.50. The van der Waals surface area contributed by atoms with Crippen LogP contribution < -0.4 is 0 Å². The molecule has 0 heterocycles. The predicted octanol–water partition coefficient (Wildman–Crippen LogP) is 6.32. The van der Waals surface area contributed by atoms with Crippen molar-refractivity contribution in [1.29, 1.82) is 0 Å². The lowest BCUT2D eigenvalue weighted by molar-refractivity contribution is 0.0945. The van der Waals surface area contributed by atoms with Crippen molar-refractivity contribution in [3.63, 3.8) is 0 Å². The maximum absolute atomic E-state index is 14.1. The van der Waals surface area contributed by atoms with Gasteiger partial charge in [0.1, 0.15) is 11.6 Å². The molecule has 1 aliphatic carbocycles. The Morgan fingerprint density at radius 2 is 1.00 bits per heavy atom. The quantitative estimate of drug-likeness (QED) is 0.533. The van der Waals surface area contributed by atoms with Crippen molar-refractivity contribution in [2.24, 2.45) is 10.8 Å². The van der Waals surface area contributed by atoms with Crippen molar-refractivity contribution in [2.45, 2.75) is 47.0 Å². The Kier molecular flexibility index (Phi) is 3.27. The summed E-state index contributed by atoms with van der Waals surface area (Å²) in [4.78, 5) is 0. The highest BCUT2D eigenvalue weighted by Gasteiger charge is 2.57. The summed E-state index contributed by atoms with van der Waals surface area (Å²) in [6.45, 7) is 13.0. The van der Waals surface area contributed by atoms with Crippen LogP contribution in [-0.4, -0.2) is 0 Å². The lowest BCUT2D eigenvalue weighted by Gasteiger charge is -2.53. The number of benzene rings is 2. The van der Waals surface area contributed by atoms with Crippen molar-refractivity contribution in [3.8, 4) is 11.1 Å². The van der Waals surface area contributed by atoms with E-state index in [1.807, 2.05) is 12.1 Å². The maximum atomic E-state index is 14.1. The number of halogens is 2. The van der Waals surface area contributed by atoms with Crippen LogP contribution in [0, 0.1) is 22.5 Å². The molecule has 0 bridgehead atoms. The molecule has 0 unspecified atom stereocenters. The molecule has 0 fully saturated rings. The maximum Gasteiger partial charge on any atom is 0.123 e. The molecule has 122 valence electrons. The molecular formula is C21H24F2. The van der Waals surface area contributed by atoms with Gasteiger partial charge in [-0.2, -0.15) is 0 Å². The summed E-state index contributed by atoms with van der Waals surface area (Å²) in [5.74, 6) is -0.482. The Labute approximate surface area is 137 Å². The van der Waals surface area contributed by atoms with Crippen molar-refractivity contribution in [3.05, 3.63) is 59.2 Å². The highest BCUT2D eigenvalue weighted by Crippen LogP contribution is 2.64. The molecule has 0 aliphatic heterocycles. The highest BCUT2D eigenvalue weighted by atomic mass is 19.1. The minimum absolute atomic E-state index is 0.202. The number of hydrogen-bond acceptors (Lipinski definition) is 0. The van der Waals surface area contributed by atoms with Gasteiger partial charge in [-0.05, 0) is 57.3 Å². The Morgan fingerprint density at radius 3 is 1.30 bits per heavy atom. The topological polar surface area (TPSA) is 0 Å². The lowest BCUT2D eigenvalue weighted by Crippen LogP contribution is -2.50. The van der Waals surface area contributed by atoms with Gasteiger partial charge in [-0.3, -0.25) is 0 Å². The average Bonchev–Trinajstić information content (AvgIpc) is 2.66. The fraction of sp³-hybridized carbons (Fsp3) is 0.429. The first-order chi connectivity index (χ1) is 10.5. The Morgan fingerprint density at radius 1 is 0.652 bits per heavy atom. The van der Waals surface area contributed by atoms with E-state index < -0.39 is 5.41 Å². The van der Waals surface area contributed by atoms with Crippen LogP contribution in [-0.2, 0) is 5.41 Å². The molecule has 0 aromatic heterocycles. The summed E-state index contributed by atoms with van der Waals surface area (Å²) in [5.41, 5.74) is 3.11. The molecule has 0 nitrogen and oxygen atoms in total. The molecule has 2 aromatic rings. The van der Waals surface area contributed by atoms with Crippen LogP contribution in [0.15, 0.2) is 36.4 Å². The first-order valence-corrected chi connectivity index (χ1v) is 8.10. The van der Waals surface area contributed by atoms with Crippen molar-refractivity contribution < 1.29 is 8.78 Å². The molecule has 0 saturated heterocycles. The summed E-state index contributed by atoms with van der Waals surface area (Å²) < 4.78 is 28.2. The molecule has 23 heavy (non-hydrogen) atoms. The number of hydrogen-bond donors (Lipinski definition) is 0. The summed E-state index contributed by atoms with van der Waals surface area (Å²) in [5, 5.41) is 0. The van der Waals surface area contributed by atoms with Gasteiger partial charge in [0.15, 0.2) is 0 Å². The van der Waals surface area contributed by atoms with Gasteiger partial charge >= 0.3 is 0 Å². The zero-order valence-corrected chi connectivity index (χ0v) is 14.7. The molecule has 0 saturated carbocycles. The molecule has 0 spiro atoms. The molecule has 0 amide bonds. The van der Waals surface area contributed by atoms with Crippen LogP contribution in [0.25, 0.3) is 11.1 Å². The SMILES string of the molecule is CC(C)(C)C1(C(C)(C)C)c2cc(F)ccc2-c2ccc(F)cc21. The molecule has 2 aromatic carbocycles. The van der Waals surface area contributed by atoms with E-state index in [4.69, 9.17) is 0 Å². The van der Waals surface area contributed by atoms with Gasteiger partial charge in [-0.1, -0.05) is 53.7 Å². The minimum Gasteiger partial charge on any atom is -0.207 e. The van der Waals surface area contributed by atoms with Gasteiger partial charge in [0, 0.05) is 5.41 Å². The first kappa shape index (κ1) is 16.2. The first-order valence-electron chi connectivity index (χ1n) is 8.10. The monoisotopic (exact) mass is 314 g/mol. The standard InChI is InChI=1S/C21H24F2/c1-19(2,3)21(20(4,5)6)17-11-13(22)7-9-15(17)16-10-8-14(23)12-18(16)21/h7-12H,1-6H3. The summed E-state index contributed by atoms with van der Waals surface area (Å²) in [6, 6.07) is 9.94. The predicted molar refractivity (Wildman–Crippen MR) is 91.5 cm³/mol. The van der Waals surface area contributed by atoms with Crippen LogP contribution in [0.5, 0.6) is 0 Å². The summed E-state index contributed by atoms with van der Waals surface area (Å²) >= 11 is 0. The van der Waals surface area contributed by atoms with E-state index in [1.165, 1.54) is 12.1 Å². The third-order valence-corrected chi connectivity index (χ3v) is 5.31. The molecule has 2 heteroatoms. The normalized spacial score (nSPS) is 16.2. The van der Waals surface area contributed by atoms with Crippen LogP contribution in [0.2, 0.25) is 0 Å². The van der Waals surface area contributed by atoms with Gasteiger partial charge in [0.05, 0.1) is 0 Å². The van der Waals surface area contributed by atoms with Gasteiger partial charge < -0.3 is 0 Å². The molecule has 0 radical (unpaired) electrons. The second-order valence-corrected chi connectivity index (χ2v) is 8.63. The summed E-state index contributed by atoms with van der Waals surface area (Å²) in [7, 11) is 0. The van der Waals surface area contributed by atoms with Crippen LogP contribution in [0.4, 0.5) is 8.78 Å². The number of rotatable bonds is 0. The smallest absolute Gasteiger partial charge is 0.123 e. The van der Waals surface area contributed by atoms with Crippen molar-refractivity contribution in [1.82, 2.24) is 0 Å². The Balaban J connectivity index is 2.54. The van der Waals surface area contributed by atoms with Crippen LogP contribution >= 0.6 is 0 Å². The van der Waals surface area contributed by atoms with Crippen molar-refractivity contribution >= 4 is 0 Å². The molecule has 0 N–H and O–H groups in total. The van der Waals surface area contributed by atoms with E-state index in [0.29, 0.717) is 0 Å². The molecule has 1 aliphatic rings. The molecule has 0 atom stereocenters. The Bertz CT molecular complexity index is 706. The van der Waals surface area contributed by atoms with Crippen molar-refractivity contribution in [2.75, 3.05) is 0 Å². The van der Waals surface area contributed by atoms with Gasteiger partial charge in [0.2, 0.25) is 0 Å². The fourth-order valence-corrected chi connectivity index (χ4v) is 5.01. The highest BCUT2D eigenvalue weighted by molar-refractivity contribution is 5.82. The van der Waals surface area contributed by atoms with Gasteiger partial charge in [-0.15, -0.1) is 0 Å². The summed E-state index contributed by atoms with van der Waals surface area (Å²) in [6.07, 6.45) is 0. The van der Waals surface area contributed by atoms with Gasteiger partial charge in [-0.25, -0.2) is 8.78 Å². The third-order valence-electron chi connectivity index (χ3n) is 5.31. The van der Waals surface area contributed by atoms with E-state index in [-0.39, 0.29) is 22.5 Å². The minimum atomic E-state index is -0.463. The largest absolute Gasteiger partial charge is 0.207 e.